The standard InChI is InChI=1S/C28H25ClF3N7O3S/c29-18-6-5-15(30)13-17(18)21-23-24(36-26(41)22-16-3-1-2-4-19(16)43-37-22)35-25(39(23)14-20(40)34-21)27(42)33-9-12-38-10-7-28(31,32)8-11-38/h1-6,13,21H,7-12,14H2,(H,33,42)(H,34,40)(H,36,41)/t21-/m0/s1. The molecule has 2 aliphatic heterocycles. The van der Waals surface area contributed by atoms with Gasteiger partial charge in [0.1, 0.15) is 18.1 Å². The van der Waals surface area contributed by atoms with Crippen LogP contribution in [0.3, 0.4) is 0 Å². The summed E-state index contributed by atoms with van der Waals surface area (Å²) in [6, 6.07) is 9.83. The van der Waals surface area contributed by atoms with E-state index >= 15 is 0 Å². The van der Waals surface area contributed by atoms with Crippen molar-refractivity contribution in [2.24, 2.45) is 0 Å². The summed E-state index contributed by atoms with van der Waals surface area (Å²) < 4.78 is 47.7. The molecule has 224 valence electrons. The van der Waals surface area contributed by atoms with E-state index in [4.69, 9.17) is 11.6 Å². The molecule has 0 spiro atoms. The summed E-state index contributed by atoms with van der Waals surface area (Å²) in [5.74, 6) is -5.18. The Balaban J connectivity index is 1.32. The number of benzene rings is 2. The largest absolute Gasteiger partial charge is 0.348 e. The molecule has 2 aromatic heterocycles. The molecule has 0 radical (unpaired) electrons. The molecule has 6 rings (SSSR count). The number of hydrogen-bond acceptors (Lipinski definition) is 7. The zero-order valence-electron chi connectivity index (χ0n) is 22.5. The molecule has 2 aliphatic rings. The Morgan fingerprint density at radius 3 is 2.70 bits per heavy atom. The second kappa shape index (κ2) is 11.6. The predicted molar refractivity (Wildman–Crippen MR) is 154 cm³/mol. The summed E-state index contributed by atoms with van der Waals surface area (Å²) in [6.07, 6.45) is -0.490. The van der Waals surface area contributed by atoms with Gasteiger partial charge in [0.2, 0.25) is 11.7 Å². The van der Waals surface area contributed by atoms with E-state index in [1.807, 2.05) is 17.0 Å². The lowest BCUT2D eigenvalue weighted by atomic mass is 10.0. The zero-order chi connectivity index (χ0) is 30.3. The molecule has 4 heterocycles. The van der Waals surface area contributed by atoms with Crippen LogP contribution in [-0.2, 0) is 11.3 Å². The molecule has 0 bridgehead atoms. The van der Waals surface area contributed by atoms with Crippen LogP contribution in [0.1, 0.15) is 51.2 Å². The molecule has 1 atom stereocenters. The molecule has 0 unspecified atom stereocenters. The minimum Gasteiger partial charge on any atom is -0.348 e. The van der Waals surface area contributed by atoms with Gasteiger partial charge in [0.05, 0.1) is 16.4 Å². The minimum atomic E-state index is -2.68. The number of carbonyl (C=O) groups is 3. The van der Waals surface area contributed by atoms with Gasteiger partial charge in [0, 0.05) is 55.0 Å². The molecule has 10 nitrogen and oxygen atoms in total. The molecule has 3 N–H and O–H groups in total. The van der Waals surface area contributed by atoms with Crippen LogP contribution < -0.4 is 16.0 Å². The van der Waals surface area contributed by atoms with Crippen LogP contribution in [0.5, 0.6) is 0 Å². The molecular formula is C28H25ClF3N7O3S. The van der Waals surface area contributed by atoms with Crippen molar-refractivity contribution in [2.45, 2.75) is 31.4 Å². The number of carbonyl (C=O) groups excluding carboxylic acids is 3. The first-order chi connectivity index (χ1) is 20.6. The van der Waals surface area contributed by atoms with E-state index in [2.05, 4.69) is 25.3 Å². The van der Waals surface area contributed by atoms with Gasteiger partial charge in [0.25, 0.3) is 17.7 Å². The molecule has 3 amide bonds. The molecule has 2 aromatic carbocycles. The van der Waals surface area contributed by atoms with Crippen molar-refractivity contribution in [3.63, 3.8) is 0 Å². The Bertz CT molecular complexity index is 1730. The number of fused-ring (bicyclic) bond motifs is 2. The van der Waals surface area contributed by atoms with Crippen molar-refractivity contribution in [3.05, 3.63) is 76.1 Å². The number of halogens is 4. The molecule has 43 heavy (non-hydrogen) atoms. The fourth-order valence-electron chi connectivity index (χ4n) is 5.29. The van der Waals surface area contributed by atoms with Crippen molar-refractivity contribution < 1.29 is 27.6 Å². The Kier molecular flexibility index (Phi) is 7.83. The highest BCUT2D eigenvalue weighted by molar-refractivity contribution is 7.13. The number of nitrogens with one attached hydrogen (secondary N) is 3. The van der Waals surface area contributed by atoms with Gasteiger partial charge < -0.3 is 25.4 Å². The molecular weight excluding hydrogens is 607 g/mol. The van der Waals surface area contributed by atoms with E-state index in [0.29, 0.717) is 11.9 Å². The van der Waals surface area contributed by atoms with Gasteiger partial charge in [-0.2, -0.15) is 4.37 Å². The summed E-state index contributed by atoms with van der Waals surface area (Å²) in [5.41, 5.74) is 0.586. The summed E-state index contributed by atoms with van der Waals surface area (Å²) in [6.45, 7) is 0.603. The average Bonchev–Trinajstić information content (AvgIpc) is 3.56. The fourth-order valence-corrected chi connectivity index (χ4v) is 6.29. The lowest BCUT2D eigenvalue weighted by Gasteiger charge is -2.31. The number of imidazole rings is 1. The highest BCUT2D eigenvalue weighted by Crippen LogP contribution is 2.36. The first kappa shape index (κ1) is 29.1. The monoisotopic (exact) mass is 631 g/mol. The second-order valence-corrected chi connectivity index (χ2v) is 11.6. The normalized spacial score (nSPS) is 18.2. The summed E-state index contributed by atoms with van der Waals surface area (Å²) >= 11 is 7.55. The fraction of sp³-hybridized carbons (Fsp3) is 0.321. The maximum Gasteiger partial charge on any atom is 0.287 e. The topological polar surface area (TPSA) is 121 Å². The Labute approximate surface area is 252 Å². The number of rotatable bonds is 7. The van der Waals surface area contributed by atoms with E-state index in [1.54, 1.807) is 12.1 Å². The summed E-state index contributed by atoms with van der Waals surface area (Å²) in [5, 5.41) is 9.01. The van der Waals surface area contributed by atoms with Crippen LogP contribution >= 0.6 is 23.1 Å². The van der Waals surface area contributed by atoms with Gasteiger partial charge in [-0.3, -0.25) is 14.4 Å². The molecule has 0 saturated carbocycles. The van der Waals surface area contributed by atoms with Crippen LogP contribution in [0, 0.1) is 5.82 Å². The van der Waals surface area contributed by atoms with Crippen molar-refractivity contribution in [1.82, 2.24) is 29.5 Å². The Morgan fingerprint density at radius 1 is 1.14 bits per heavy atom. The molecule has 15 heteroatoms. The van der Waals surface area contributed by atoms with E-state index in [0.717, 1.165) is 22.3 Å². The molecule has 4 aromatic rings. The predicted octanol–water partition coefficient (Wildman–Crippen LogP) is 4.22. The maximum atomic E-state index is 14.3. The van der Waals surface area contributed by atoms with Gasteiger partial charge in [-0.1, -0.05) is 29.8 Å². The van der Waals surface area contributed by atoms with Crippen molar-refractivity contribution in [3.8, 4) is 0 Å². The highest BCUT2D eigenvalue weighted by atomic mass is 35.5. The number of anilines is 1. The molecule has 1 fully saturated rings. The first-order valence-corrected chi connectivity index (χ1v) is 14.6. The number of alkyl halides is 2. The number of nitrogens with zero attached hydrogens (tertiary/aromatic N) is 4. The number of piperidine rings is 1. The van der Waals surface area contributed by atoms with Gasteiger partial charge in [-0.05, 0) is 35.8 Å². The average molecular weight is 632 g/mol. The lowest BCUT2D eigenvalue weighted by Crippen LogP contribution is -2.44. The first-order valence-electron chi connectivity index (χ1n) is 13.5. The Morgan fingerprint density at radius 2 is 1.91 bits per heavy atom. The quantitative estimate of drug-likeness (QED) is 0.281. The van der Waals surface area contributed by atoms with Crippen LogP contribution in [0.15, 0.2) is 42.5 Å². The smallest absolute Gasteiger partial charge is 0.287 e. The van der Waals surface area contributed by atoms with Crippen LogP contribution in [0.2, 0.25) is 5.02 Å². The van der Waals surface area contributed by atoms with E-state index in [1.165, 1.54) is 16.7 Å². The number of aromatic nitrogens is 3. The van der Waals surface area contributed by atoms with Gasteiger partial charge in [0.15, 0.2) is 5.82 Å². The van der Waals surface area contributed by atoms with Gasteiger partial charge >= 0.3 is 0 Å². The van der Waals surface area contributed by atoms with Gasteiger partial charge in [-0.25, -0.2) is 18.2 Å². The summed E-state index contributed by atoms with van der Waals surface area (Å²) in [7, 11) is 0. The van der Waals surface area contributed by atoms with E-state index in [-0.39, 0.29) is 72.6 Å². The van der Waals surface area contributed by atoms with Crippen molar-refractivity contribution >= 4 is 56.8 Å². The lowest BCUT2D eigenvalue weighted by molar-refractivity contribution is -0.123. The third-order valence-corrected chi connectivity index (χ3v) is 8.66. The third-order valence-electron chi connectivity index (χ3n) is 7.49. The maximum absolute atomic E-state index is 14.3. The van der Waals surface area contributed by atoms with E-state index < -0.39 is 35.5 Å². The third kappa shape index (κ3) is 5.94. The summed E-state index contributed by atoms with van der Waals surface area (Å²) in [4.78, 5) is 45.9. The highest BCUT2D eigenvalue weighted by Gasteiger charge is 2.37. The second-order valence-electron chi connectivity index (χ2n) is 10.4. The SMILES string of the molecule is O=C1Cn2c(C(=O)NCCN3CCC(F)(F)CC3)nc(NC(=O)c3nsc4ccccc34)c2[C@H](c2cc(F)ccc2Cl)N1. The van der Waals surface area contributed by atoms with Gasteiger partial charge in [-0.15, -0.1) is 0 Å². The van der Waals surface area contributed by atoms with Crippen LogP contribution in [0.4, 0.5) is 19.0 Å². The molecule has 0 aliphatic carbocycles. The van der Waals surface area contributed by atoms with Crippen LogP contribution in [-0.4, -0.2) is 68.6 Å². The van der Waals surface area contributed by atoms with Crippen molar-refractivity contribution in [1.29, 1.82) is 0 Å². The molecule has 1 saturated heterocycles. The zero-order valence-corrected chi connectivity index (χ0v) is 24.1. The minimum absolute atomic E-state index is 0.0316. The number of amides is 3. The van der Waals surface area contributed by atoms with E-state index in [9.17, 15) is 27.6 Å². The van der Waals surface area contributed by atoms with Crippen LogP contribution in [0.25, 0.3) is 10.1 Å². The Hall–Kier alpha value is -4.01. The number of likely N-dealkylation sites (tertiary alicyclic amines) is 1. The number of hydrogen-bond donors (Lipinski definition) is 3. The van der Waals surface area contributed by atoms with Crippen molar-refractivity contribution in [2.75, 3.05) is 31.5 Å².